The van der Waals surface area contributed by atoms with E-state index in [1.165, 1.54) is 0 Å². The summed E-state index contributed by atoms with van der Waals surface area (Å²) in [5, 5.41) is 7.26. The summed E-state index contributed by atoms with van der Waals surface area (Å²) >= 11 is 0. The first kappa shape index (κ1) is 13.5. The van der Waals surface area contributed by atoms with Crippen LogP contribution in [0.4, 0.5) is 5.82 Å². The maximum absolute atomic E-state index is 5.15. The number of aromatic nitrogens is 3. The van der Waals surface area contributed by atoms with Crippen LogP contribution in [0.2, 0.25) is 0 Å². The summed E-state index contributed by atoms with van der Waals surface area (Å²) < 4.78 is 5.15. The van der Waals surface area contributed by atoms with E-state index in [0.29, 0.717) is 12.5 Å². The van der Waals surface area contributed by atoms with Crippen LogP contribution in [0.1, 0.15) is 48.3 Å². The molecule has 1 N–H and O–H groups in total. The van der Waals surface area contributed by atoms with Crippen LogP contribution < -0.4 is 5.32 Å². The Morgan fingerprint density at radius 3 is 2.53 bits per heavy atom. The van der Waals surface area contributed by atoms with Crippen molar-refractivity contribution in [3.8, 4) is 0 Å². The van der Waals surface area contributed by atoms with Crippen molar-refractivity contribution >= 4 is 5.82 Å². The van der Waals surface area contributed by atoms with Gasteiger partial charge in [0.15, 0.2) is 0 Å². The molecule has 2 rings (SSSR count). The Kier molecular flexibility index (Phi) is 3.83. The largest absolute Gasteiger partial charge is 0.366 e. The van der Waals surface area contributed by atoms with Gasteiger partial charge in [0, 0.05) is 29.8 Å². The van der Waals surface area contributed by atoms with Gasteiger partial charge >= 0.3 is 0 Å². The van der Waals surface area contributed by atoms with Crippen molar-refractivity contribution in [2.45, 2.75) is 47.1 Å². The Morgan fingerprint density at radius 1 is 1.21 bits per heavy atom. The molecule has 2 aromatic rings. The second-order valence-electron chi connectivity index (χ2n) is 5.06. The van der Waals surface area contributed by atoms with Crippen molar-refractivity contribution in [1.82, 2.24) is 15.1 Å². The van der Waals surface area contributed by atoms with Gasteiger partial charge in [-0.3, -0.25) is 0 Å². The summed E-state index contributed by atoms with van der Waals surface area (Å²) in [5.41, 5.74) is 2.97. The predicted octanol–water partition coefficient (Wildman–Crippen LogP) is 3.13. The summed E-state index contributed by atoms with van der Waals surface area (Å²) in [7, 11) is 0. The zero-order valence-electron chi connectivity index (χ0n) is 12.1. The molecule has 0 bridgehead atoms. The molecule has 0 saturated carbocycles. The third kappa shape index (κ3) is 3.10. The zero-order valence-corrected chi connectivity index (χ0v) is 12.1. The molecular formula is C14H20N4O. The molecule has 0 aromatic carbocycles. The average Bonchev–Trinajstić information content (AvgIpc) is 2.66. The quantitative estimate of drug-likeness (QED) is 0.915. The molecule has 0 radical (unpaired) electrons. The molecule has 5 heteroatoms. The van der Waals surface area contributed by atoms with E-state index >= 15 is 0 Å². The molecule has 0 unspecified atom stereocenters. The van der Waals surface area contributed by atoms with E-state index in [0.717, 1.165) is 34.4 Å². The molecule has 0 aliphatic heterocycles. The van der Waals surface area contributed by atoms with Crippen LogP contribution in [-0.4, -0.2) is 15.1 Å². The van der Waals surface area contributed by atoms with Crippen LogP contribution in [0.25, 0.3) is 0 Å². The molecular weight excluding hydrogens is 240 g/mol. The number of nitrogens with one attached hydrogen (secondary N) is 1. The van der Waals surface area contributed by atoms with E-state index in [2.05, 4.69) is 34.3 Å². The summed E-state index contributed by atoms with van der Waals surface area (Å²) in [6.45, 7) is 10.7. The summed E-state index contributed by atoms with van der Waals surface area (Å²) in [4.78, 5) is 8.95. The molecule has 0 aliphatic rings. The molecule has 0 aliphatic carbocycles. The number of nitrogens with zero attached hydrogens (tertiary/aromatic N) is 3. The van der Waals surface area contributed by atoms with E-state index in [1.54, 1.807) is 0 Å². The fourth-order valence-corrected chi connectivity index (χ4v) is 1.87. The van der Waals surface area contributed by atoms with Crippen molar-refractivity contribution in [2.75, 3.05) is 5.32 Å². The Balaban J connectivity index is 2.16. The number of hydrogen-bond acceptors (Lipinski definition) is 5. The average molecular weight is 260 g/mol. The molecule has 0 amide bonds. The Morgan fingerprint density at radius 2 is 1.95 bits per heavy atom. The lowest BCUT2D eigenvalue weighted by Gasteiger charge is -2.10. The lowest BCUT2D eigenvalue weighted by Crippen LogP contribution is -2.07. The topological polar surface area (TPSA) is 63.8 Å². The second kappa shape index (κ2) is 5.38. The van der Waals surface area contributed by atoms with E-state index < -0.39 is 0 Å². The van der Waals surface area contributed by atoms with Gasteiger partial charge in [0.25, 0.3) is 0 Å². The second-order valence-corrected chi connectivity index (χ2v) is 5.06. The van der Waals surface area contributed by atoms with Crippen LogP contribution in [0.15, 0.2) is 10.6 Å². The minimum Gasteiger partial charge on any atom is -0.366 e. The van der Waals surface area contributed by atoms with Crippen LogP contribution in [0, 0.1) is 20.8 Å². The first-order valence-electron chi connectivity index (χ1n) is 6.48. The van der Waals surface area contributed by atoms with Crippen molar-refractivity contribution in [2.24, 2.45) is 0 Å². The van der Waals surface area contributed by atoms with Crippen LogP contribution in [-0.2, 0) is 6.54 Å². The minimum absolute atomic E-state index is 0.319. The van der Waals surface area contributed by atoms with Gasteiger partial charge in [-0.05, 0) is 20.8 Å². The summed E-state index contributed by atoms with van der Waals surface area (Å²) in [6, 6.07) is 1.95. The van der Waals surface area contributed by atoms with E-state index in [4.69, 9.17) is 4.52 Å². The predicted molar refractivity (Wildman–Crippen MR) is 74.2 cm³/mol. The third-order valence-corrected chi connectivity index (χ3v) is 3.02. The van der Waals surface area contributed by atoms with Crippen LogP contribution in [0.3, 0.4) is 0 Å². The Labute approximate surface area is 113 Å². The molecule has 19 heavy (non-hydrogen) atoms. The fourth-order valence-electron chi connectivity index (χ4n) is 1.87. The molecule has 2 heterocycles. The van der Waals surface area contributed by atoms with Crippen LogP contribution in [0.5, 0.6) is 0 Å². The third-order valence-electron chi connectivity index (χ3n) is 3.02. The minimum atomic E-state index is 0.319. The normalized spacial score (nSPS) is 11.1. The molecule has 2 aromatic heterocycles. The van der Waals surface area contributed by atoms with Gasteiger partial charge < -0.3 is 9.84 Å². The molecule has 0 fully saturated rings. The molecule has 102 valence electrons. The van der Waals surface area contributed by atoms with E-state index in [9.17, 15) is 0 Å². The summed E-state index contributed by atoms with van der Waals surface area (Å²) in [6.07, 6.45) is 0. The number of aryl methyl sites for hydroxylation is 3. The highest BCUT2D eigenvalue weighted by atomic mass is 16.5. The monoisotopic (exact) mass is 260 g/mol. The van der Waals surface area contributed by atoms with Crippen LogP contribution >= 0.6 is 0 Å². The SMILES string of the molecule is Cc1cc(NCc2c(C)noc2C)nc(C(C)C)n1. The number of hydrogen-bond donors (Lipinski definition) is 1. The highest BCUT2D eigenvalue weighted by molar-refractivity contribution is 5.38. The highest BCUT2D eigenvalue weighted by Gasteiger charge is 2.10. The number of rotatable bonds is 4. The van der Waals surface area contributed by atoms with Crippen molar-refractivity contribution < 1.29 is 4.52 Å². The zero-order chi connectivity index (χ0) is 14.0. The van der Waals surface area contributed by atoms with Gasteiger partial charge in [-0.1, -0.05) is 19.0 Å². The van der Waals surface area contributed by atoms with Gasteiger partial charge in [-0.15, -0.1) is 0 Å². The van der Waals surface area contributed by atoms with Gasteiger partial charge in [0.2, 0.25) is 0 Å². The smallest absolute Gasteiger partial charge is 0.138 e. The summed E-state index contributed by atoms with van der Waals surface area (Å²) in [5.74, 6) is 2.87. The first-order valence-corrected chi connectivity index (χ1v) is 6.48. The van der Waals surface area contributed by atoms with Gasteiger partial charge in [-0.25, -0.2) is 9.97 Å². The lowest BCUT2D eigenvalue weighted by atomic mass is 10.2. The Bertz CT molecular complexity index is 555. The van der Waals surface area contributed by atoms with Gasteiger partial charge in [0.05, 0.1) is 5.69 Å². The fraction of sp³-hybridized carbons (Fsp3) is 0.500. The molecule has 0 spiro atoms. The maximum Gasteiger partial charge on any atom is 0.138 e. The van der Waals surface area contributed by atoms with Crippen molar-refractivity contribution in [3.05, 3.63) is 34.6 Å². The maximum atomic E-state index is 5.15. The molecule has 5 nitrogen and oxygen atoms in total. The first-order chi connectivity index (χ1) is 8.97. The molecule has 0 saturated heterocycles. The number of anilines is 1. The molecule has 0 atom stereocenters. The van der Waals surface area contributed by atoms with Gasteiger partial charge in [0.1, 0.15) is 17.4 Å². The lowest BCUT2D eigenvalue weighted by molar-refractivity contribution is 0.392. The van der Waals surface area contributed by atoms with E-state index in [1.807, 2.05) is 26.8 Å². The van der Waals surface area contributed by atoms with Crippen molar-refractivity contribution in [1.29, 1.82) is 0 Å². The van der Waals surface area contributed by atoms with Crippen molar-refractivity contribution in [3.63, 3.8) is 0 Å². The highest BCUT2D eigenvalue weighted by Crippen LogP contribution is 2.17. The standard InChI is InChI=1S/C14H20N4O/c1-8(2)14-16-9(3)6-13(17-14)15-7-12-10(4)18-19-11(12)5/h6,8H,7H2,1-5H3,(H,15,16,17). The van der Waals surface area contributed by atoms with Gasteiger partial charge in [-0.2, -0.15) is 0 Å². The Hall–Kier alpha value is -1.91. The van der Waals surface area contributed by atoms with E-state index in [-0.39, 0.29) is 0 Å².